The van der Waals surface area contributed by atoms with E-state index in [1.807, 2.05) is 6.92 Å². The van der Waals surface area contributed by atoms with Crippen molar-refractivity contribution in [3.63, 3.8) is 0 Å². The maximum absolute atomic E-state index is 10.3. The Bertz CT molecular complexity index is 131. The molecule has 0 aromatic carbocycles. The standard InChI is InChI=1S/C8H14O3/c1-4-7(2)10-5-6-11-8(3)9/h4,7H,1,5-6H2,2-3H3. The van der Waals surface area contributed by atoms with E-state index >= 15 is 0 Å². The molecule has 0 fully saturated rings. The monoisotopic (exact) mass is 158 g/mol. The lowest BCUT2D eigenvalue weighted by Crippen LogP contribution is -2.12. The van der Waals surface area contributed by atoms with E-state index in [0.717, 1.165) is 0 Å². The highest BCUT2D eigenvalue weighted by Gasteiger charge is 1.96. The van der Waals surface area contributed by atoms with Gasteiger partial charge in [0.1, 0.15) is 6.61 Å². The third kappa shape index (κ3) is 7.06. The van der Waals surface area contributed by atoms with Crippen LogP contribution in [0, 0.1) is 0 Å². The summed E-state index contributed by atoms with van der Waals surface area (Å²) in [5, 5.41) is 0. The Kier molecular flexibility index (Phi) is 5.47. The van der Waals surface area contributed by atoms with Crippen molar-refractivity contribution in [2.24, 2.45) is 0 Å². The van der Waals surface area contributed by atoms with E-state index in [0.29, 0.717) is 13.2 Å². The van der Waals surface area contributed by atoms with Crippen molar-refractivity contribution in [1.82, 2.24) is 0 Å². The van der Waals surface area contributed by atoms with Gasteiger partial charge in [0, 0.05) is 6.92 Å². The molecule has 3 nitrogen and oxygen atoms in total. The van der Waals surface area contributed by atoms with Crippen LogP contribution in [0.5, 0.6) is 0 Å². The highest BCUT2D eigenvalue weighted by atomic mass is 16.6. The van der Waals surface area contributed by atoms with Crippen molar-refractivity contribution in [1.29, 1.82) is 0 Å². The van der Waals surface area contributed by atoms with Crippen LogP contribution in [-0.4, -0.2) is 25.3 Å². The van der Waals surface area contributed by atoms with Gasteiger partial charge in [0.05, 0.1) is 12.7 Å². The van der Waals surface area contributed by atoms with Gasteiger partial charge in [-0.05, 0) is 6.92 Å². The van der Waals surface area contributed by atoms with Gasteiger partial charge in [-0.15, -0.1) is 6.58 Å². The summed E-state index contributed by atoms with van der Waals surface area (Å²) in [7, 11) is 0. The van der Waals surface area contributed by atoms with Gasteiger partial charge in [-0.1, -0.05) is 6.08 Å². The number of carbonyl (C=O) groups is 1. The highest BCUT2D eigenvalue weighted by molar-refractivity contribution is 5.65. The van der Waals surface area contributed by atoms with Crippen molar-refractivity contribution in [3.8, 4) is 0 Å². The predicted molar refractivity (Wildman–Crippen MR) is 42.2 cm³/mol. The van der Waals surface area contributed by atoms with Crippen LogP contribution in [0.1, 0.15) is 13.8 Å². The molecule has 0 aromatic heterocycles. The number of esters is 1. The fourth-order valence-corrected chi connectivity index (χ4v) is 0.487. The summed E-state index contributed by atoms with van der Waals surface area (Å²) in [6.07, 6.45) is 1.71. The summed E-state index contributed by atoms with van der Waals surface area (Å²) in [5.41, 5.74) is 0. The number of hydrogen-bond acceptors (Lipinski definition) is 3. The first-order valence-electron chi connectivity index (χ1n) is 3.54. The van der Waals surface area contributed by atoms with E-state index in [1.54, 1.807) is 6.08 Å². The molecule has 0 saturated carbocycles. The van der Waals surface area contributed by atoms with E-state index in [-0.39, 0.29) is 12.1 Å². The van der Waals surface area contributed by atoms with E-state index in [4.69, 9.17) is 4.74 Å². The highest BCUT2D eigenvalue weighted by Crippen LogP contribution is 1.90. The molecule has 0 radical (unpaired) electrons. The molecule has 1 unspecified atom stereocenters. The van der Waals surface area contributed by atoms with E-state index in [2.05, 4.69) is 11.3 Å². The topological polar surface area (TPSA) is 35.5 Å². The third-order valence-corrected chi connectivity index (χ3v) is 1.10. The van der Waals surface area contributed by atoms with Crippen molar-refractivity contribution >= 4 is 5.97 Å². The van der Waals surface area contributed by atoms with Crippen LogP contribution >= 0.6 is 0 Å². The second-order valence-corrected chi connectivity index (χ2v) is 2.15. The second-order valence-electron chi connectivity index (χ2n) is 2.15. The first kappa shape index (κ1) is 10.2. The van der Waals surface area contributed by atoms with Gasteiger partial charge in [-0.3, -0.25) is 4.79 Å². The smallest absolute Gasteiger partial charge is 0.302 e. The molecular formula is C8H14O3. The summed E-state index contributed by atoms with van der Waals surface area (Å²) in [5.74, 6) is -0.278. The number of carbonyl (C=O) groups excluding carboxylic acids is 1. The van der Waals surface area contributed by atoms with Gasteiger partial charge in [0.2, 0.25) is 0 Å². The van der Waals surface area contributed by atoms with Gasteiger partial charge in [-0.25, -0.2) is 0 Å². The molecule has 0 aliphatic heterocycles. The van der Waals surface area contributed by atoms with Crippen LogP contribution in [0.4, 0.5) is 0 Å². The van der Waals surface area contributed by atoms with Crippen LogP contribution in [0.15, 0.2) is 12.7 Å². The summed E-state index contributed by atoms with van der Waals surface area (Å²) < 4.78 is 9.78. The number of hydrogen-bond donors (Lipinski definition) is 0. The van der Waals surface area contributed by atoms with Gasteiger partial charge in [0.25, 0.3) is 0 Å². The molecule has 0 heterocycles. The Morgan fingerprint density at radius 2 is 2.27 bits per heavy atom. The summed E-state index contributed by atoms with van der Waals surface area (Å²) >= 11 is 0. The molecule has 0 amide bonds. The molecule has 0 bridgehead atoms. The zero-order chi connectivity index (χ0) is 8.69. The van der Waals surface area contributed by atoms with Crippen LogP contribution in [0.2, 0.25) is 0 Å². The van der Waals surface area contributed by atoms with Crippen LogP contribution in [0.3, 0.4) is 0 Å². The van der Waals surface area contributed by atoms with E-state index in [1.165, 1.54) is 6.92 Å². The number of rotatable bonds is 5. The fourth-order valence-electron chi connectivity index (χ4n) is 0.487. The molecule has 0 saturated heterocycles. The van der Waals surface area contributed by atoms with Gasteiger partial charge in [0.15, 0.2) is 0 Å². The third-order valence-electron chi connectivity index (χ3n) is 1.10. The van der Waals surface area contributed by atoms with Gasteiger partial charge in [-0.2, -0.15) is 0 Å². The lowest BCUT2D eigenvalue weighted by Gasteiger charge is -2.07. The first-order valence-corrected chi connectivity index (χ1v) is 3.54. The van der Waals surface area contributed by atoms with Gasteiger partial charge >= 0.3 is 5.97 Å². The Balaban J connectivity index is 3.14. The molecule has 64 valence electrons. The van der Waals surface area contributed by atoms with Crippen LogP contribution in [-0.2, 0) is 14.3 Å². The Morgan fingerprint density at radius 3 is 2.73 bits per heavy atom. The number of ether oxygens (including phenoxy) is 2. The SMILES string of the molecule is C=CC(C)OCCOC(C)=O. The Labute approximate surface area is 67.0 Å². The second kappa shape index (κ2) is 5.92. The molecule has 0 spiro atoms. The minimum absolute atomic E-state index is 0.0190. The molecule has 0 aromatic rings. The molecule has 0 N–H and O–H groups in total. The lowest BCUT2D eigenvalue weighted by molar-refractivity contribution is -0.142. The Hall–Kier alpha value is -0.830. The quantitative estimate of drug-likeness (QED) is 0.342. The first-order chi connectivity index (χ1) is 5.16. The minimum atomic E-state index is -0.278. The van der Waals surface area contributed by atoms with Crippen LogP contribution < -0.4 is 0 Å². The zero-order valence-electron chi connectivity index (χ0n) is 7.00. The molecule has 3 heteroatoms. The Morgan fingerprint density at radius 1 is 1.64 bits per heavy atom. The van der Waals surface area contributed by atoms with Crippen molar-refractivity contribution in [3.05, 3.63) is 12.7 Å². The fraction of sp³-hybridized carbons (Fsp3) is 0.625. The van der Waals surface area contributed by atoms with E-state index < -0.39 is 0 Å². The van der Waals surface area contributed by atoms with Crippen molar-refractivity contribution in [2.75, 3.05) is 13.2 Å². The lowest BCUT2D eigenvalue weighted by atomic mass is 10.4. The van der Waals surface area contributed by atoms with Gasteiger partial charge < -0.3 is 9.47 Å². The molecule has 0 rings (SSSR count). The molecule has 1 atom stereocenters. The van der Waals surface area contributed by atoms with E-state index in [9.17, 15) is 4.79 Å². The predicted octanol–water partition coefficient (Wildman–Crippen LogP) is 1.14. The maximum atomic E-state index is 10.3. The van der Waals surface area contributed by atoms with Crippen molar-refractivity contribution in [2.45, 2.75) is 20.0 Å². The van der Waals surface area contributed by atoms with Crippen LogP contribution in [0.25, 0.3) is 0 Å². The summed E-state index contributed by atoms with van der Waals surface area (Å²) in [6, 6.07) is 0. The average molecular weight is 158 g/mol. The molecule has 0 aliphatic carbocycles. The zero-order valence-corrected chi connectivity index (χ0v) is 7.00. The summed E-state index contributed by atoms with van der Waals surface area (Å²) in [6.45, 7) is 7.53. The summed E-state index contributed by atoms with van der Waals surface area (Å²) in [4.78, 5) is 10.3. The van der Waals surface area contributed by atoms with Crippen molar-refractivity contribution < 1.29 is 14.3 Å². The molecule has 0 aliphatic rings. The largest absolute Gasteiger partial charge is 0.463 e. The molecule has 11 heavy (non-hydrogen) atoms. The minimum Gasteiger partial charge on any atom is -0.463 e. The molecular weight excluding hydrogens is 144 g/mol. The average Bonchev–Trinajstić information content (AvgIpc) is 1.97. The maximum Gasteiger partial charge on any atom is 0.302 e. The normalized spacial score (nSPS) is 12.2.